The molecule has 0 radical (unpaired) electrons. The Kier molecular flexibility index (Phi) is 2.11. The zero-order valence-electron chi connectivity index (χ0n) is 9.12. The molecule has 2 rings (SSSR count). The van der Waals surface area contributed by atoms with E-state index in [2.05, 4.69) is 31.8 Å². The molecule has 1 aromatic rings. The van der Waals surface area contributed by atoms with E-state index in [1.165, 1.54) is 11.3 Å². The van der Waals surface area contributed by atoms with Crippen molar-refractivity contribution >= 4 is 0 Å². The van der Waals surface area contributed by atoms with Gasteiger partial charge in [-0.15, -0.1) is 0 Å². The molecule has 0 aliphatic heterocycles. The van der Waals surface area contributed by atoms with Gasteiger partial charge in [-0.1, -0.05) is 26.8 Å². The van der Waals surface area contributed by atoms with Crippen molar-refractivity contribution in [2.24, 2.45) is 17.1 Å². The highest BCUT2D eigenvalue weighted by Gasteiger charge is 2.43. The van der Waals surface area contributed by atoms with Gasteiger partial charge < -0.3 is 5.73 Å². The predicted molar refractivity (Wildman–Crippen MR) is 57.8 cm³/mol. The summed E-state index contributed by atoms with van der Waals surface area (Å²) in [5.74, 6) is 0.590. The van der Waals surface area contributed by atoms with Crippen molar-refractivity contribution in [2.75, 3.05) is 0 Å². The molecule has 1 unspecified atom stereocenters. The van der Waals surface area contributed by atoms with E-state index in [0.717, 1.165) is 6.42 Å². The summed E-state index contributed by atoms with van der Waals surface area (Å²) >= 11 is 0. The van der Waals surface area contributed by atoms with E-state index < -0.39 is 0 Å². The number of nitrogens with two attached hydrogens (primary N) is 1. The topological polar surface area (TPSA) is 38.9 Å². The van der Waals surface area contributed by atoms with Crippen LogP contribution in [0.1, 0.15) is 38.1 Å². The van der Waals surface area contributed by atoms with Gasteiger partial charge in [0.25, 0.3) is 0 Å². The minimum absolute atomic E-state index is 0.145. The molecule has 0 aromatic carbocycles. The van der Waals surface area contributed by atoms with Gasteiger partial charge in [0.15, 0.2) is 0 Å². The molecule has 2 N–H and O–H groups in total. The molecule has 14 heavy (non-hydrogen) atoms. The van der Waals surface area contributed by atoms with Gasteiger partial charge in [-0.05, 0) is 29.4 Å². The summed E-state index contributed by atoms with van der Waals surface area (Å²) in [6.07, 6.45) is 2.87. The van der Waals surface area contributed by atoms with Crippen molar-refractivity contribution in [1.29, 1.82) is 0 Å². The van der Waals surface area contributed by atoms with Crippen LogP contribution in [0.15, 0.2) is 18.3 Å². The van der Waals surface area contributed by atoms with Crippen LogP contribution < -0.4 is 5.73 Å². The fourth-order valence-corrected chi connectivity index (χ4v) is 2.27. The van der Waals surface area contributed by atoms with Crippen molar-refractivity contribution in [2.45, 2.75) is 33.2 Å². The standard InChI is InChI=1S/C12H18N2/c1-8(2)12(3)7-10-9(11(12)13)5-4-6-14-10/h4-6,8,11H,7,13H2,1-3H3/t11-,12?/m1/s1. The first kappa shape index (κ1) is 9.66. The molecular formula is C12H18N2. The summed E-state index contributed by atoms with van der Waals surface area (Å²) < 4.78 is 0. The highest BCUT2D eigenvalue weighted by atomic mass is 14.8. The third-order valence-electron chi connectivity index (χ3n) is 3.84. The van der Waals surface area contributed by atoms with Gasteiger partial charge in [-0.2, -0.15) is 0 Å². The van der Waals surface area contributed by atoms with Crippen LogP contribution >= 0.6 is 0 Å². The maximum atomic E-state index is 6.29. The van der Waals surface area contributed by atoms with E-state index in [0.29, 0.717) is 5.92 Å². The van der Waals surface area contributed by atoms with E-state index in [9.17, 15) is 0 Å². The van der Waals surface area contributed by atoms with Crippen molar-refractivity contribution < 1.29 is 0 Å². The van der Waals surface area contributed by atoms with Crippen LogP contribution in [0.5, 0.6) is 0 Å². The number of pyridine rings is 1. The van der Waals surface area contributed by atoms with E-state index in [1.807, 2.05) is 12.3 Å². The van der Waals surface area contributed by atoms with E-state index in [1.54, 1.807) is 0 Å². The van der Waals surface area contributed by atoms with Crippen LogP contribution in [0.25, 0.3) is 0 Å². The van der Waals surface area contributed by atoms with Crippen LogP contribution in [-0.4, -0.2) is 4.98 Å². The fraction of sp³-hybridized carbons (Fsp3) is 0.583. The second-order valence-corrected chi connectivity index (χ2v) is 4.85. The van der Waals surface area contributed by atoms with Crippen molar-refractivity contribution in [1.82, 2.24) is 4.98 Å². The zero-order chi connectivity index (χ0) is 10.3. The molecule has 76 valence electrons. The van der Waals surface area contributed by atoms with Gasteiger partial charge in [0.2, 0.25) is 0 Å². The third kappa shape index (κ3) is 1.17. The summed E-state index contributed by atoms with van der Waals surface area (Å²) in [6.45, 7) is 6.75. The molecule has 0 saturated carbocycles. The molecule has 0 bridgehead atoms. The quantitative estimate of drug-likeness (QED) is 0.738. The molecule has 0 amide bonds. The van der Waals surface area contributed by atoms with Crippen LogP contribution in [0, 0.1) is 11.3 Å². The Balaban J connectivity index is 2.43. The molecule has 1 aromatic heterocycles. The number of hydrogen-bond acceptors (Lipinski definition) is 2. The Bertz CT molecular complexity index is 346. The molecule has 0 fully saturated rings. The summed E-state index contributed by atoms with van der Waals surface area (Å²) in [5.41, 5.74) is 8.89. The zero-order valence-corrected chi connectivity index (χ0v) is 9.12. The second kappa shape index (κ2) is 3.06. The molecular weight excluding hydrogens is 172 g/mol. The normalized spacial score (nSPS) is 30.8. The van der Waals surface area contributed by atoms with Crippen LogP contribution in [0.4, 0.5) is 0 Å². The molecule has 1 aliphatic rings. The SMILES string of the molecule is CC(C)C1(C)Cc2ncccc2[C@H]1N. The van der Waals surface area contributed by atoms with Crippen molar-refractivity contribution in [3.63, 3.8) is 0 Å². The van der Waals surface area contributed by atoms with E-state index >= 15 is 0 Å². The smallest absolute Gasteiger partial charge is 0.0457 e. The van der Waals surface area contributed by atoms with Crippen LogP contribution in [-0.2, 0) is 6.42 Å². The summed E-state index contributed by atoms with van der Waals surface area (Å²) in [6, 6.07) is 4.23. The van der Waals surface area contributed by atoms with E-state index in [-0.39, 0.29) is 11.5 Å². The van der Waals surface area contributed by atoms with Gasteiger partial charge >= 0.3 is 0 Å². The summed E-state index contributed by atoms with van der Waals surface area (Å²) in [5, 5.41) is 0. The molecule has 1 aliphatic carbocycles. The number of aromatic nitrogens is 1. The molecule has 2 atom stereocenters. The first-order valence-electron chi connectivity index (χ1n) is 5.25. The minimum Gasteiger partial charge on any atom is -0.323 e. The monoisotopic (exact) mass is 190 g/mol. The number of fused-ring (bicyclic) bond motifs is 1. The highest BCUT2D eigenvalue weighted by molar-refractivity contribution is 5.32. The molecule has 2 nitrogen and oxygen atoms in total. The average molecular weight is 190 g/mol. The van der Waals surface area contributed by atoms with Crippen LogP contribution in [0.3, 0.4) is 0 Å². The molecule has 0 spiro atoms. The van der Waals surface area contributed by atoms with Gasteiger partial charge in [-0.3, -0.25) is 4.98 Å². The fourth-order valence-electron chi connectivity index (χ4n) is 2.27. The Morgan fingerprint density at radius 3 is 2.86 bits per heavy atom. The lowest BCUT2D eigenvalue weighted by Crippen LogP contribution is -2.33. The van der Waals surface area contributed by atoms with Crippen molar-refractivity contribution in [3.05, 3.63) is 29.6 Å². The van der Waals surface area contributed by atoms with Gasteiger partial charge in [0.1, 0.15) is 0 Å². The van der Waals surface area contributed by atoms with Crippen molar-refractivity contribution in [3.8, 4) is 0 Å². The molecule has 0 saturated heterocycles. The second-order valence-electron chi connectivity index (χ2n) is 4.85. The number of rotatable bonds is 1. The van der Waals surface area contributed by atoms with Crippen LogP contribution in [0.2, 0.25) is 0 Å². The third-order valence-corrected chi connectivity index (χ3v) is 3.84. The Labute approximate surface area is 85.5 Å². The first-order chi connectivity index (χ1) is 6.55. The maximum Gasteiger partial charge on any atom is 0.0457 e. The Hall–Kier alpha value is -0.890. The highest BCUT2D eigenvalue weighted by Crippen LogP contribution is 2.47. The Morgan fingerprint density at radius 2 is 2.29 bits per heavy atom. The summed E-state index contributed by atoms with van der Waals surface area (Å²) in [7, 11) is 0. The average Bonchev–Trinajstić information content (AvgIpc) is 2.42. The lowest BCUT2D eigenvalue weighted by atomic mass is 9.74. The largest absolute Gasteiger partial charge is 0.323 e. The predicted octanol–water partition coefficient (Wildman–Crippen LogP) is 2.30. The number of nitrogens with zero attached hydrogens (tertiary/aromatic N) is 1. The molecule has 1 heterocycles. The van der Waals surface area contributed by atoms with E-state index in [4.69, 9.17) is 5.73 Å². The first-order valence-corrected chi connectivity index (χ1v) is 5.25. The lowest BCUT2D eigenvalue weighted by molar-refractivity contribution is 0.187. The lowest BCUT2D eigenvalue weighted by Gasteiger charge is -2.33. The van der Waals surface area contributed by atoms with Gasteiger partial charge in [-0.25, -0.2) is 0 Å². The van der Waals surface area contributed by atoms with Gasteiger partial charge in [0.05, 0.1) is 0 Å². The Morgan fingerprint density at radius 1 is 1.57 bits per heavy atom. The van der Waals surface area contributed by atoms with Gasteiger partial charge in [0, 0.05) is 17.9 Å². The maximum absolute atomic E-state index is 6.29. The molecule has 2 heteroatoms. The number of hydrogen-bond donors (Lipinski definition) is 1. The summed E-state index contributed by atoms with van der Waals surface area (Å²) in [4.78, 5) is 4.41. The minimum atomic E-state index is 0.145.